The van der Waals surface area contributed by atoms with Gasteiger partial charge in [-0.05, 0) is 63.3 Å². The zero-order chi connectivity index (χ0) is 13.5. The van der Waals surface area contributed by atoms with E-state index in [0.717, 1.165) is 30.7 Å². The Bertz CT molecular complexity index is 269. The SMILES string of the molecule is CCCCNC(=S)N1CCC(CN2CCCC2)CC1. The monoisotopic (exact) mass is 283 g/mol. The molecule has 2 aliphatic heterocycles. The molecule has 0 atom stereocenters. The number of nitrogens with one attached hydrogen (secondary N) is 1. The third-order valence-corrected chi connectivity index (χ3v) is 4.83. The summed E-state index contributed by atoms with van der Waals surface area (Å²) >= 11 is 5.47. The van der Waals surface area contributed by atoms with Crippen molar-refractivity contribution in [3.05, 3.63) is 0 Å². The molecule has 2 saturated heterocycles. The second-order valence-corrected chi connectivity index (χ2v) is 6.41. The quantitative estimate of drug-likeness (QED) is 0.617. The van der Waals surface area contributed by atoms with Gasteiger partial charge in [0, 0.05) is 26.2 Å². The minimum Gasteiger partial charge on any atom is -0.363 e. The van der Waals surface area contributed by atoms with Gasteiger partial charge in [0.15, 0.2) is 5.11 Å². The van der Waals surface area contributed by atoms with Gasteiger partial charge in [-0.15, -0.1) is 0 Å². The molecule has 2 rings (SSSR count). The molecule has 4 heteroatoms. The van der Waals surface area contributed by atoms with Crippen molar-refractivity contribution in [2.45, 2.75) is 45.4 Å². The summed E-state index contributed by atoms with van der Waals surface area (Å²) in [6, 6.07) is 0. The maximum Gasteiger partial charge on any atom is 0.168 e. The first-order valence-electron chi connectivity index (χ1n) is 8.04. The highest BCUT2D eigenvalue weighted by molar-refractivity contribution is 7.80. The Labute approximate surface area is 123 Å². The van der Waals surface area contributed by atoms with Crippen molar-refractivity contribution in [2.24, 2.45) is 5.92 Å². The van der Waals surface area contributed by atoms with Crippen LogP contribution in [0.15, 0.2) is 0 Å². The van der Waals surface area contributed by atoms with Crippen LogP contribution >= 0.6 is 12.2 Å². The van der Waals surface area contributed by atoms with Gasteiger partial charge in [-0.25, -0.2) is 0 Å². The molecule has 0 bridgehead atoms. The molecule has 19 heavy (non-hydrogen) atoms. The highest BCUT2D eigenvalue weighted by Crippen LogP contribution is 2.20. The van der Waals surface area contributed by atoms with E-state index >= 15 is 0 Å². The van der Waals surface area contributed by atoms with Gasteiger partial charge in [0.05, 0.1) is 0 Å². The first kappa shape index (κ1) is 15.0. The lowest BCUT2D eigenvalue weighted by molar-refractivity contribution is 0.200. The highest BCUT2D eigenvalue weighted by Gasteiger charge is 2.23. The molecule has 0 saturated carbocycles. The summed E-state index contributed by atoms with van der Waals surface area (Å²) in [5, 5.41) is 4.37. The smallest absolute Gasteiger partial charge is 0.168 e. The summed E-state index contributed by atoms with van der Waals surface area (Å²) in [4.78, 5) is 5.02. The highest BCUT2D eigenvalue weighted by atomic mass is 32.1. The lowest BCUT2D eigenvalue weighted by atomic mass is 9.96. The number of piperidine rings is 1. The molecule has 0 radical (unpaired) electrons. The van der Waals surface area contributed by atoms with Gasteiger partial charge in [0.25, 0.3) is 0 Å². The maximum absolute atomic E-state index is 5.47. The largest absolute Gasteiger partial charge is 0.363 e. The molecule has 0 aromatic carbocycles. The zero-order valence-corrected chi connectivity index (χ0v) is 13.2. The van der Waals surface area contributed by atoms with E-state index in [1.807, 2.05) is 0 Å². The van der Waals surface area contributed by atoms with Crippen molar-refractivity contribution in [2.75, 3.05) is 39.3 Å². The second-order valence-electron chi connectivity index (χ2n) is 6.02. The number of nitrogens with zero attached hydrogens (tertiary/aromatic N) is 2. The van der Waals surface area contributed by atoms with Crippen LogP contribution in [0, 0.1) is 5.92 Å². The van der Waals surface area contributed by atoms with E-state index in [2.05, 4.69) is 22.0 Å². The Hall–Kier alpha value is -0.350. The van der Waals surface area contributed by atoms with Gasteiger partial charge >= 0.3 is 0 Å². The fourth-order valence-electron chi connectivity index (χ4n) is 3.13. The summed E-state index contributed by atoms with van der Waals surface area (Å²) < 4.78 is 0. The Morgan fingerprint density at radius 2 is 1.84 bits per heavy atom. The van der Waals surface area contributed by atoms with E-state index in [-0.39, 0.29) is 0 Å². The van der Waals surface area contributed by atoms with Crippen LogP contribution in [-0.2, 0) is 0 Å². The van der Waals surface area contributed by atoms with E-state index in [9.17, 15) is 0 Å². The first-order chi connectivity index (χ1) is 9.29. The van der Waals surface area contributed by atoms with Crippen LogP contribution in [-0.4, -0.2) is 54.2 Å². The number of hydrogen-bond acceptors (Lipinski definition) is 2. The molecule has 110 valence electrons. The topological polar surface area (TPSA) is 18.5 Å². The normalized spacial score (nSPS) is 21.8. The minimum absolute atomic E-state index is 0.896. The molecule has 0 spiro atoms. The van der Waals surface area contributed by atoms with Crippen molar-refractivity contribution in [3.8, 4) is 0 Å². The summed E-state index contributed by atoms with van der Waals surface area (Å²) in [7, 11) is 0. The Kier molecular flexibility index (Phi) is 6.38. The van der Waals surface area contributed by atoms with Crippen LogP contribution in [0.1, 0.15) is 45.4 Å². The van der Waals surface area contributed by atoms with E-state index in [1.165, 1.54) is 58.2 Å². The van der Waals surface area contributed by atoms with E-state index in [4.69, 9.17) is 12.2 Å². The predicted molar refractivity (Wildman–Crippen MR) is 85.5 cm³/mol. The average molecular weight is 283 g/mol. The summed E-state index contributed by atoms with van der Waals surface area (Å²) in [5.74, 6) is 0.896. The first-order valence-corrected chi connectivity index (χ1v) is 8.45. The third kappa shape index (κ3) is 4.92. The fourth-order valence-corrected chi connectivity index (χ4v) is 3.42. The zero-order valence-electron chi connectivity index (χ0n) is 12.4. The molecule has 3 nitrogen and oxygen atoms in total. The number of hydrogen-bond donors (Lipinski definition) is 1. The van der Waals surface area contributed by atoms with Crippen molar-refractivity contribution < 1.29 is 0 Å². The number of unbranched alkanes of at least 4 members (excludes halogenated alkanes) is 1. The summed E-state index contributed by atoms with van der Waals surface area (Å²) in [6.45, 7) is 9.53. The molecule has 2 heterocycles. The van der Waals surface area contributed by atoms with Gasteiger partial charge in [-0.2, -0.15) is 0 Å². The molecule has 2 aliphatic rings. The molecule has 2 fully saturated rings. The van der Waals surface area contributed by atoms with Gasteiger partial charge in [0.1, 0.15) is 0 Å². The van der Waals surface area contributed by atoms with Gasteiger partial charge in [0.2, 0.25) is 0 Å². The standard InChI is InChI=1S/C15H29N3S/c1-2-3-8-16-15(19)18-11-6-14(7-12-18)13-17-9-4-5-10-17/h14H,2-13H2,1H3,(H,16,19). The molecule has 0 unspecified atom stereocenters. The summed E-state index contributed by atoms with van der Waals surface area (Å²) in [5.41, 5.74) is 0. The molecule has 0 aromatic heterocycles. The lowest BCUT2D eigenvalue weighted by Crippen LogP contribution is -2.45. The molecule has 0 amide bonds. The van der Waals surface area contributed by atoms with E-state index < -0.39 is 0 Å². The van der Waals surface area contributed by atoms with Gasteiger partial charge < -0.3 is 15.1 Å². The van der Waals surface area contributed by atoms with E-state index in [0.29, 0.717) is 0 Å². The third-order valence-electron chi connectivity index (χ3n) is 4.42. The average Bonchev–Trinajstić information content (AvgIpc) is 2.93. The molecular weight excluding hydrogens is 254 g/mol. The second kappa shape index (κ2) is 8.05. The molecule has 0 aliphatic carbocycles. The van der Waals surface area contributed by atoms with Crippen molar-refractivity contribution in [1.82, 2.24) is 15.1 Å². The lowest BCUT2D eigenvalue weighted by Gasteiger charge is -2.35. The van der Waals surface area contributed by atoms with Crippen LogP contribution in [0.25, 0.3) is 0 Å². The Morgan fingerprint density at radius 3 is 2.47 bits per heavy atom. The summed E-state index contributed by atoms with van der Waals surface area (Å²) in [6.07, 6.45) is 7.88. The Balaban J connectivity index is 1.62. The van der Waals surface area contributed by atoms with Crippen LogP contribution in [0.4, 0.5) is 0 Å². The number of thiocarbonyl (C=S) groups is 1. The van der Waals surface area contributed by atoms with Crippen LogP contribution in [0.5, 0.6) is 0 Å². The van der Waals surface area contributed by atoms with Crippen molar-refractivity contribution in [1.29, 1.82) is 0 Å². The fraction of sp³-hybridized carbons (Fsp3) is 0.933. The van der Waals surface area contributed by atoms with E-state index in [1.54, 1.807) is 0 Å². The molecule has 1 N–H and O–H groups in total. The van der Waals surface area contributed by atoms with Crippen molar-refractivity contribution in [3.63, 3.8) is 0 Å². The molecular formula is C15H29N3S. The van der Waals surface area contributed by atoms with Crippen LogP contribution < -0.4 is 5.32 Å². The van der Waals surface area contributed by atoms with Gasteiger partial charge in [-0.3, -0.25) is 0 Å². The predicted octanol–water partition coefficient (Wildman–Crippen LogP) is 2.47. The van der Waals surface area contributed by atoms with Gasteiger partial charge in [-0.1, -0.05) is 13.3 Å². The van der Waals surface area contributed by atoms with Crippen molar-refractivity contribution >= 4 is 17.3 Å². The molecule has 0 aromatic rings. The maximum atomic E-state index is 5.47. The number of rotatable bonds is 5. The van der Waals surface area contributed by atoms with Crippen LogP contribution in [0.3, 0.4) is 0 Å². The minimum atomic E-state index is 0.896. The number of likely N-dealkylation sites (tertiary alicyclic amines) is 2. The Morgan fingerprint density at radius 1 is 1.16 bits per heavy atom. The van der Waals surface area contributed by atoms with Crippen LogP contribution in [0.2, 0.25) is 0 Å².